The molecule has 2 aliphatic carbocycles. The number of hydrazone groups is 1. The second-order valence-corrected chi connectivity index (χ2v) is 4.99. The second-order valence-electron chi connectivity index (χ2n) is 4.99. The lowest BCUT2D eigenvalue weighted by Gasteiger charge is -2.09. The zero-order valence-corrected chi connectivity index (χ0v) is 9.74. The van der Waals surface area contributed by atoms with Gasteiger partial charge in [0, 0.05) is 11.6 Å². The van der Waals surface area contributed by atoms with E-state index in [2.05, 4.69) is 10.5 Å². The van der Waals surface area contributed by atoms with Crippen LogP contribution in [0.15, 0.2) is 5.10 Å². The third-order valence-electron chi connectivity index (χ3n) is 3.67. The topological polar surface area (TPSA) is 67.5 Å². The van der Waals surface area contributed by atoms with Crippen molar-refractivity contribution in [1.29, 1.82) is 0 Å². The summed E-state index contributed by atoms with van der Waals surface area (Å²) in [6.45, 7) is 0. The molecule has 90 valence electrons. The molecule has 2 rings (SSSR count). The van der Waals surface area contributed by atoms with Gasteiger partial charge in [-0.2, -0.15) is 5.10 Å². The lowest BCUT2D eigenvalue weighted by atomic mass is 10.00. The highest BCUT2D eigenvalue weighted by atomic mass is 16.2. The van der Waals surface area contributed by atoms with Crippen molar-refractivity contribution in [2.75, 3.05) is 0 Å². The number of amides is 2. The maximum Gasteiger partial charge on any atom is 0.332 e. The fourth-order valence-electron chi connectivity index (χ4n) is 2.67. The number of carbonyl (C=O) groups excluding carboxylic acids is 1. The number of hydrogen-bond acceptors (Lipinski definition) is 2. The van der Waals surface area contributed by atoms with Gasteiger partial charge in [-0.15, -0.1) is 0 Å². The molecular formula is C12H21N3O. The Morgan fingerprint density at radius 2 is 2.00 bits per heavy atom. The molecule has 2 saturated carbocycles. The molecule has 0 radical (unpaired) electrons. The summed E-state index contributed by atoms with van der Waals surface area (Å²) in [5.41, 5.74) is 8.59. The molecule has 16 heavy (non-hydrogen) atoms. The number of carbonyl (C=O) groups is 1. The van der Waals surface area contributed by atoms with Gasteiger partial charge < -0.3 is 5.73 Å². The highest BCUT2D eigenvalue weighted by Crippen LogP contribution is 2.45. The van der Waals surface area contributed by atoms with Crippen LogP contribution in [0.25, 0.3) is 0 Å². The molecule has 0 aromatic heterocycles. The van der Waals surface area contributed by atoms with E-state index in [1.807, 2.05) is 0 Å². The molecule has 3 N–H and O–H groups in total. The van der Waals surface area contributed by atoms with E-state index < -0.39 is 6.03 Å². The first-order valence-electron chi connectivity index (χ1n) is 6.39. The highest BCUT2D eigenvalue weighted by Gasteiger charge is 2.40. The maximum absolute atomic E-state index is 10.6. The lowest BCUT2D eigenvalue weighted by Crippen LogP contribution is -2.26. The summed E-state index contributed by atoms with van der Waals surface area (Å²) >= 11 is 0. The summed E-state index contributed by atoms with van der Waals surface area (Å²) < 4.78 is 0. The smallest absolute Gasteiger partial charge is 0.332 e. The number of nitrogens with one attached hydrogen (secondary N) is 1. The van der Waals surface area contributed by atoms with Crippen LogP contribution in [0.5, 0.6) is 0 Å². The Morgan fingerprint density at radius 3 is 2.81 bits per heavy atom. The van der Waals surface area contributed by atoms with Crippen LogP contribution in [0.3, 0.4) is 0 Å². The van der Waals surface area contributed by atoms with Gasteiger partial charge in [-0.25, -0.2) is 10.2 Å². The first-order chi connectivity index (χ1) is 7.77. The fourth-order valence-corrected chi connectivity index (χ4v) is 2.67. The van der Waals surface area contributed by atoms with Gasteiger partial charge in [0.2, 0.25) is 0 Å². The normalized spacial score (nSPS) is 32.9. The summed E-state index contributed by atoms with van der Waals surface area (Å²) in [7, 11) is 0. The van der Waals surface area contributed by atoms with Gasteiger partial charge >= 0.3 is 6.03 Å². The zero-order valence-electron chi connectivity index (χ0n) is 9.74. The SMILES string of the molecule is NC(=O)NN=C1CCCCCCC[C@H]2C[C@@H]12. The summed E-state index contributed by atoms with van der Waals surface area (Å²) in [5, 5.41) is 4.17. The van der Waals surface area contributed by atoms with Crippen molar-refractivity contribution >= 4 is 11.7 Å². The molecule has 4 heteroatoms. The molecule has 0 aromatic carbocycles. The van der Waals surface area contributed by atoms with Crippen molar-refractivity contribution in [2.24, 2.45) is 22.7 Å². The third-order valence-corrected chi connectivity index (χ3v) is 3.67. The van der Waals surface area contributed by atoms with Gasteiger partial charge in [-0.1, -0.05) is 25.7 Å². The van der Waals surface area contributed by atoms with E-state index in [4.69, 9.17) is 5.73 Å². The van der Waals surface area contributed by atoms with Gasteiger partial charge in [0.1, 0.15) is 0 Å². The Kier molecular flexibility index (Phi) is 3.80. The van der Waals surface area contributed by atoms with E-state index >= 15 is 0 Å². The molecular weight excluding hydrogens is 202 g/mol. The minimum atomic E-state index is -0.554. The minimum Gasteiger partial charge on any atom is -0.350 e. The zero-order chi connectivity index (χ0) is 11.4. The van der Waals surface area contributed by atoms with E-state index in [-0.39, 0.29) is 0 Å². The number of nitrogens with zero attached hydrogens (tertiary/aromatic N) is 1. The van der Waals surface area contributed by atoms with Crippen LogP contribution in [-0.4, -0.2) is 11.7 Å². The molecule has 0 bridgehead atoms. The van der Waals surface area contributed by atoms with Crippen LogP contribution >= 0.6 is 0 Å². The number of hydrogen-bond donors (Lipinski definition) is 2. The number of nitrogens with two attached hydrogens (primary N) is 1. The summed E-state index contributed by atoms with van der Waals surface area (Å²) in [5.74, 6) is 1.46. The van der Waals surface area contributed by atoms with Crippen molar-refractivity contribution in [3.8, 4) is 0 Å². The van der Waals surface area contributed by atoms with Gasteiger partial charge in [0.25, 0.3) is 0 Å². The highest BCUT2D eigenvalue weighted by molar-refractivity contribution is 5.90. The van der Waals surface area contributed by atoms with Crippen LogP contribution in [0.2, 0.25) is 0 Å². The Balaban J connectivity index is 1.92. The standard InChI is InChI=1S/C12H21N3O/c13-12(16)15-14-11-7-5-3-1-2-4-6-9-8-10(9)11/h9-10H,1-8H2,(H3,13,15,16)/t9-,10+/m0/s1. The van der Waals surface area contributed by atoms with Crippen molar-refractivity contribution in [2.45, 2.75) is 51.4 Å². The Morgan fingerprint density at radius 1 is 1.25 bits per heavy atom. The van der Waals surface area contributed by atoms with Crippen molar-refractivity contribution in [3.63, 3.8) is 0 Å². The van der Waals surface area contributed by atoms with E-state index in [1.54, 1.807) is 0 Å². The molecule has 2 aliphatic rings. The van der Waals surface area contributed by atoms with Crippen molar-refractivity contribution in [1.82, 2.24) is 5.43 Å². The first-order valence-corrected chi connectivity index (χ1v) is 6.39. The third kappa shape index (κ3) is 3.22. The number of rotatable bonds is 1. The van der Waals surface area contributed by atoms with E-state index in [0.717, 1.165) is 12.3 Å². The number of primary amides is 1. The molecule has 0 aliphatic heterocycles. The Hall–Kier alpha value is -1.06. The van der Waals surface area contributed by atoms with Crippen LogP contribution in [-0.2, 0) is 0 Å². The van der Waals surface area contributed by atoms with Gasteiger partial charge in [0.05, 0.1) is 0 Å². The van der Waals surface area contributed by atoms with Crippen LogP contribution in [0, 0.1) is 11.8 Å². The van der Waals surface area contributed by atoms with E-state index in [1.165, 1.54) is 50.7 Å². The van der Waals surface area contributed by atoms with Crippen LogP contribution < -0.4 is 11.2 Å². The summed E-state index contributed by atoms with van der Waals surface area (Å²) in [6.07, 6.45) is 10.2. The molecule has 0 saturated heterocycles. The molecule has 2 atom stereocenters. The van der Waals surface area contributed by atoms with Crippen molar-refractivity contribution < 1.29 is 4.79 Å². The molecule has 2 amide bonds. The molecule has 0 spiro atoms. The van der Waals surface area contributed by atoms with Crippen molar-refractivity contribution in [3.05, 3.63) is 0 Å². The molecule has 2 fully saturated rings. The predicted octanol–water partition coefficient (Wildman–Crippen LogP) is 2.39. The Labute approximate surface area is 96.7 Å². The average Bonchev–Trinajstić information content (AvgIpc) is 3.01. The van der Waals surface area contributed by atoms with Gasteiger partial charge in [0.15, 0.2) is 0 Å². The quantitative estimate of drug-likeness (QED) is 0.658. The maximum atomic E-state index is 10.6. The van der Waals surface area contributed by atoms with E-state index in [9.17, 15) is 4.79 Å². The van der Waals surface area contributed by atoms with Gasteiger partial charge in [-0.05, 0) is 31.6 Å². The number of fused-ring (bicyclic) bond motifs is 1. The summed E-state index contributed by atoms with van der Waals surface area (Å²) in [4.78, 5) is 10.6. The first kappa shape index (κ1) is 11.4. The van der Waals surface area contributed by atoms with E-state index in [0.29, 0.717) is 5.92 Å². The molecule has 0 aromatic rings. The molecule has 0 heterocycles. The Bertz CT molecular complexity index is 288. The van der Waals surface area contributed by atoms with Crippen LogP contribution in [0.1, 0.15) is 51.4 Å². The average molecular weight is 223 g/mol. The fraction of sp³-hybridized carbons (Fsp3) is 0.833. The van der Waals surface area contributed by atoms with Crippen LogP contribution in [0.4, 0.5) is 4.79 Å². The predicted molar refractivity (Wildman–Crippen MR) is 64.1 cm³/mol. The largest absolute Gasteiger partial charge is 0.350 e. The monoisotopic (exact) mass is 223 g/mol. The van der Waals surface area contributed by atoms with Gasteiger partial charge in [-0.3, -0.25) is 0 Å². The minimum absolute atomic E-state index is 0.554. The molecule has 4 nitrogen and oxygen atoms in total. The number of urea groups is 1. The lowest BCUT2D eigenvalue weighted by molar-refractivity contribution is 0.249. The second kappa shape index (κ2) is 5.32. The molecule has 0 unspecified atom stereocenters. The summed E-state index contributed by atoms with van der Waals surface area (Å²) in [6, 6.07) is -0.554.